The molecule has 27 heavy (non-hydrogen) atoms. The Bertz CT molecular complexity index is 750. The van der Waals surface area contributed by atoms with Crippen molar-refractivity contribution < 1.29 is 14.3 Å². The maximum Gasteiger partial charge on any atom is 0.175 e. The van der Waals surface area contributed by atoms with Crippen LogP contribution in [-0.4, -0.2) is 17.2 Å². The number of hydrogen-bond acceptors (Lipinski definition) is 3. The Morgan fingerprint density at radius 3 is 2.15 bits per heavy atom. The zero-order valence-corrected chi connectivity index (χ0v) is 18.4. The predicted octanol–water partition coefficient (Wildman–Crippen LogP) is 5.33. The minimum absolute atomic E-state index is 0.000128. The smallest absolute Gasteiger partial charge is 0.175 e. The molecule has 3 heteroatoms. The molecule has 1 spiro atoms. The number of carbonyl (C=O) groups excluding carboxylic acids is 2. The molecule has 4 aliphatic carbocycles. The van der Waals surface area contributed by atoms with Gasteiger partial charge in [-0.1, -0.05) is 27.7 Å². The monoisotopic (exact) mass is 372 g/mol. The van der Waals surface area contributed by atoms with Gasteiger partial charge in [0.15, 0.2) is 11.6 Å². The van der Waals surface area contributed by atoms with Crippen LogP contribution in [0.4, 0.5) is 0 Å². The predicted molar refractivity (Wildman–Crippen MR) is 106 cm³/mol. The summed E-state index contributed by atoms with van der Waals surface area (Å²) in [6.07, 6.45) is 4.42. The molecule has 0 saturated heterocycles. The highest BCUT2D eigenvalue weighted by Gasteiger charge is 2.67. The van der Waals surface area contributed by atoms with E-state index in [-0.39, 0.29) is 23.1 Å². The molecule has 0 aromatic rings. The second-order valence-electron chi connectivity index (χ2n) is 11.7. The summed E-state index contributed by atoms with van der Waals surface area (Å²) in [5.41, 5.74) is -0.783. The van der Waals surface area contributed by atoms with Crippen LogP contribution in [0.15, 0.2) is 11.3 Å². The lowest BCUT2D eigenvalue weighted by molar-refractivity contribution is -0.231. The summed E-state index contributed by atoms with van der Waals surface area (Å²) in [7, 11) is 0. The molecule has 150 valence electrons. The maximum atomic E-state index is 13.4. The molecular formula is C24H36O3. The summed E-state index contributed by atoms with van der Waals surface area (Å²) in [6.45, 7) is 16.7. The summed E-state index contributed by atoms with van der Waals surface area (Å²) in [6, 6.07) is 0. The molecule has 5 rings (SSSR count). The molecule has 1 aliphatic heterocycles. The summed E-state index contributed by atoms with van der Waals surface area (Å²) in [4.78, 5) is 26.7. The van der Waals surface area contributed by atoms with E-state index in [1.54, 1.807) is 13.8 Å². The lowest BCUT2D eigenvalue weighted by atomic mass is 9.42. The van der Waals surface area contributed by atoms with Crippen LogP contribution in [-0.2, 0) is 14.3 Å². The van der Waals surface area contributed by atoms with Gasteiger partial charge in [-0.25, -0.2) is 0 Å². The van der Waals surface area contributed by atoms with Crippen LogP contribution < -0.4 is 0 Å². The number of ketones is 2. The third kappa shape index (κ3) is 2.20. The van der Waals surface area contributed by atoms with Gasteiger partial charge >= 0.3 is 0 Å². The van der Waals surface area contributed by atoms with Crippen molar-refractivity contribution in [2.24, 2.45) is 39.9 Å². The van der Waals surface area contributed by atoms with Gasteiger partial charge in [0.25, 0.3) is 0 Å². The Morgan fingerprint density at radius 1 is 1.00 bits per heavy atom. The van der Waals surface area contributed by atoms with Crippen LogP contribution in [0.2, 0.25) is 0 Å². The van der Waals surface area contributed by atoms with Gasteiger partial charge in [-0.05, 0) is 76.5 Å². The Hall–Kier alpha value is -1.12. The SMILES string of the molecule is CC(C)[C@@H]1C[C@]2(CC[C@H]3C[C@@H]2C3(C)C)OC2=C1C(=O)C(C)(C)C(=O)C2(C)C. The van der Waals surface area contributed by atoms with Crippen molar-refractivity contribution in [1.29, 1.82) is 0 Å². The Labute approximate surface area is 164 Å². The minimum Gasteiger partial charge on any atom is -0.490 e. The third-order valence-corrected chi connectivity index (χ3v) is 8.83. The minimum atomic E-state index is -0.962. The van der Waals surface area contributed by atoms with E-state index in [0.29, 0.717) is 23.0 Å². The number of Topliss-reactive ketones (excluding diaryl/α,β-unsaturated/α-hetero) is 2. The number of allylic oxidation sites excluding steroid dienone is 2. The largest absolute Gasteiger partial charge is 0.490 e. The van der Waals surface area contributed by atoms with Crippen molar-refractivity contribution in [3.63, 3.8) is 0 Å². The zero-order valence-electron chi connectivity index (χ0n) is 18.4. The number of rotatable bonds is 1. The number of hydrogen-bond donors (Lipinski definition) is 0. The normalized spacial score (nSPS) is 41.3. The standard InChI is InChI=1S/C24H36O3/c1-13(2)15-12-24(10-9-14-11-16(24)21(14,3)4)27-19-17(15)18(25)22(5,6)20(26)23(19,7)8/h13-16H,9-12H2,1-8H3/t14-,15-,16+,24-/m0/s1. The summed E-state index contributed by atoms with van der Waals surface area (Å²) < 4.78 is 6.87. The van der Waals surface area contributed by atoms with Gasteiger partial charge in [0.2, 0.25) is 0 Å². The Balaban J connectivity index is 1.88. The molecule has 3 saturated carbocycles. The molecule has 3 fully saturated rings. The Morgan fingerprint density at radius 2 is 1.63 bits per heavy atom. The molecule has 0 unspecified atom stereocenters. The van der Waals surface area contributed by atoms with Crippen molar-refractivity contribution >= 4 is 11.6 Å². The zero-order chi connectivity index (χ0) is 20.2. The van der Waals surface area contributed by atoms with Gasteiger partial charge < -0.3 is 4.74 Å². The molecule has 5 aliphatic rings. The fourth-order valence-corrected chi connectivity index (χ4v) is 6.93. The molecule has 3 nitrogen and oxygen atoms in total. The maximum absolute atomic E-state index is 13.4. The van der Waals surface area contributed by atoms with E-state index in [1.165, 1.54) is 12.8 Å². The summed E-state index contributed by atoms with van der Waals surface area (Å²) in [5.74, 6) is 2.57. The van der Waals surface area contributed by atoms with Crippen molar-refractivity contribution in [2.45, 2.75) is 86.7 Å². The van der Waals surface area contributed by atoms with Crippen LogP contribution in [0.25, 0.3) is 0 Å². The van der Waals surface area contributed by atoms with E-state index in [2.05, 4.69) is 27.7 Å². The topological polar surface area (TPSA) is 43.4 Å². The molecule has 0 radical (unpaired) electrons. The lowest BCUT2D eigenvalue weighted by Crippen LogP contribution is -2.65. The van der Waals surface area contributed by atoms with Gasteiger partial charge in [-0.2, -0.15) is 0 Å². The highest BCUT2D eigenvalue weighted by atomic mass is 16.5. The second-order valence-corrected chi connectivity index (χ2v) is 11.7. The van der Waals surface area contributed by atoms with Gasteiger partial charge in [-0.3, -0.25) is 9.59 Å². The van der Waals surface area contributed by atoms with E-state index >= 15 is 0 Å². The molecular weight excluding hydrogens is 336 g/mol. The van der Waals surface area contributed by atoms with Crippen molar-refractivity contribution in [3.05, 3.63) is 11.3 Å². The molecule has 0 amide bonds. The molecule has 0 aromatic heterocycles. The van der Waals surface area contributed by atoms with E-state index in [1.807, 2.05) is 13.8 Å². The van der Waals surface area contributed by atoms with Crippen LogP contribution in [0, 0.1) is 39.9 Å². The van der Waals surface area contributed by atoms with Gasteiger partial charge in [0, 0.05) is 11.5 Å². The van der Waals surface area contributed by atoms with Crippen molar-refractivity contribution in [3.8, 4) is 0 Å². The number of fused-ring (bicyclic) bond motifs is 1. The van der Waals surface area contributed by atoms with Crippen LogP contribution in [0.3, 0.4) is 0 Å². The van der Waals surface area contributed by atoms with Crippen molar-refractivity contribution in [2.75, 3.05) is 0 Å². The molecule has 2 bridgehead atoms. The molecule has 0 N–H and O–H groups in total. The van der Waals surface area contributed by atoms with Gasteiger partial charge in [0.05, 0.1) is 10.8 Å². The molecule has 0 aromatic carbocycles. The van der Waals surface area contributed by atoms with E-state index in [9.17, 15) is 9.59 Å². The van der Waals surface area contributed by atoms with Gasteiger partial charge in [0.1, 0.15) is 11.4 Å². The molecule has 4 atom stereocenters. The lowest BCUT2D eigenvalue weighted by Gasteiger charge is -2.67. The first-order valence-electron chi connectivity index (χ1n) is 10.8. The highest BCUT2D eigenvalue weighted by Crippen LogP contribution is 2.68. The van der Waals surface area contributed by atoms with Crippen LogP contribution in [0.5, 0.6) is 0 Å². The average molecular weight is 373 g/mol. The first kappa shape index (κ1) is 19.2. The first-order chi connectivity index (χ1) is 12.3. The Kier molecular flexibility index (Phi) is 3.75. The van der Waals surface area contributed by atoms with Crippen LogP contribution >= 0.6 is 0 Å². The van der Waals surface area contributed by atoms with Gasteiger partial charge in [-0.15, -0.1) is 0 Å². The van der Waals surface area contributed by atoms with Crippen molar-refractivity contribution in [1.82, 2.24) is 0 Å². The summed E-state index contributed by atoms with van der Waals surface area (Å²) >= 11 is 0. The fraction of sp³-hybridized carbons (Fsp3) is 0.833. The molecule has 1 heterocycles. The third-order valence-electron chi connectivity index (χ3n) is 8.83. The summed E-state index contributed by atoms with van der Waals surface area (Å²) in [5, 5.41) is 0. The fourth-order valence-electron chi connectivity index (χ4n) is 6.93. The number of ether oxygens (including phenoxy) is 1. The quantitative estimate of drug-likeness (QED) is 0.584. The number of carbonyl (C=O) groups is 2. The van der Waals surface area contributed by atoms with E-state index in [0.717, 1.165) is 24.3 Å². The average Bonchev–Trinajstić information content (AvgIpc) is 2.58. The van der Waals surface area contributed by atoms with E-state index < -0.39 is 10.8 Å². The highest BCUT2D eigenvalue weighted by molar-refractivity contribution is 6.19. The van der Waals surface area contributed by atoms with E-state index in [4.69, 9.17) is 4.74 Å². The first-order valence-corrected chi connectivity index (χ1v) is 10.8. The second kappa shape index (κ2) is 5.27. The van der Waals surface area contributed by atoms with Crippen LogP contribution in [0.1, 0.15) is 81.1 Å².